The molecular weight excluding hydrogens is 339 g/mol. The Labute approximate surface area is 138 Å². The summed E-state index contributed by atoms with van der Waals surface area (Å²) < 4.78 is 37.5. The summed E-state index contributed by atoms with van der Waals surface area (Å²) in [5.74, 6) is -0.469. The van der Waals surface area contributed by atoms with E-state index in [1.807, 2.05) is 0 Å². The monoisotopic (exact) mass is 349 g/mol. The Morgan fingerprint density at radius 1 is 1.20 bits per heavy atom. The molecule has 0 aliphatic heterocycles. The highest BCUT2D eigenvalue weighted by atomic mass is 19.4. The predicted molar refractivity (Wildman–Crippen MR) is 81.5 cm³/mol. The Kier molecular flexibility index (Phi) is 3.99. The maximum Gasteiger partial charge on any atom is 0.433 e. The van der Waals surface area contributed by atoms with Crippen molar-refractivity contribution in [1.29, 1.82) is 0 Å². The highest BCUT2D eigenvalue weighted by Gasteiger charge is 2.32. The average molecular weight is 349 g/mol. The van der Waals surface area contributed by atoms with Crippen LogP contribution in [0.5, 0.6) is 5.75 Å². The van der Waals surface area contributed by atoms with Crippen LogP contribution in [-0.2, 0) is 12.6 Å². The molecule has 25 heavy (non-hydrogen) atoms. The molecule has 0 saturated carbocycles. The summed E-state index contributed by atoms with van der Waals surface area (Å²) in [5.41, 5.74) is -1.14. The van der Waals surface area contributed by atoms with Gasteiger partial charge in [0.05, 0.1) is 5.39 Å². The lowest BCUT2D eigenvalue weighted by molar-refractivity contribution is -0.141. The minimum absolute atomic E-state index is 0.0745. The fourth-order valence-electron chi connectivity index (χ4n) is 2.33. The van der Waals surface area contributed by atoms with Crippen LogP contribution < -0.4 is 5.56 Å². The number of halogens is 3. The van der Waals surface area contributed by atoms with Crippen molar-refractivity contribution in [2.45, 2.75) is 12.6 Å². The Morgan fingerprint density at radius 2 is 1.96 bits per heavy atom. The van der Waals surface area contributed by atoms with Crippen LogP contribution in [0, 0.1) is 0 Å². The third-order valence-corrected chi connectivity index (χ3v) is 3.56. The number of aldehydes is 1. The number of carbonyl (C=O) groups is 1. The third-order valence-electron chi connectivity index (χ3n) is 3.56. The van der Waals surface area contributed by atoms with Crippen molar-refractivity contribution in [3.05, 3.63) is 63.3 Å². The molecule has 0 amide bonds. The van der Waals surface area contributed by atoms with Gasteiger partial charge in [0.1, 0.15) is 22.7 Å². The van der Waals surface area contributed by atoms with E-state index in [2.05, 4.69) is 15.0 Å². The molecule has 0 saturated heterocycles. The van der Waals surface area contributed by atoms with E-state index in [9.17, 15) is 27.9 Å². The molecule has 0 aliphatic carbocycles. The van der Waals surface area contributed by atoms with Gasteiger partial charge < -0.3 is 10.1 Å². The molecule has 3 heterocycles. The van der Waals surface area contributed by atoms with Crippen LogP contribution in [0.1, 0.15) is 27.3 Å². The van der Waals surface area contributed by atoms with Crippen molar-refractivity contribution < 1.29 is 23.1 Å². The number of H-pyrrole nitrogens is 1. The Bertz CT molecular complexity index is 1010. The molecule has 0 aliphatic rings. The van der Waals surface area contributed by atoms with Crippen molar-refractivity contribution in [2.24, 2.45) is 0 Å². The van der Waals surface area contributed by atoms with E-state index >= 15 is 0 Å². The number of nitrogens with one attached hydrogen (secondary N) is 1. The van der Waals surface area contributed by atoms with Gasteiger partial charge in [0.2, 0.25) is 0 Å². The van der Waals surface area contributed by atoms with Gasteiger partial charge in [-0.15, -0.1) is 0 Å². The molecule has 128 valence electrons. The summed E-state index contributed by atoms with van der Waals surface area (Å²) in [4.78, 5) is 32.4. The average Bonchev–Trinajstić information content (AvgIpc) is 2.54. The molecule has 0 unspecified atom stereocenters. The summed E-state index contributed by atoms with van der Waals surface area (Å²) in [6.45, 7) is 0. The van der Waals surface area contributed by atoms with Crippen LogP contribution in [-0.4, -0.2) is 26.3 Å². The number of nitrogens with zero attached hydrogens (tertiary/aromatic N) is 2. The molecule has 3 rings (SSSR count). The van der Waals surface area contributed by atoms with Gasteiger partial charge in [-0.25, -0.2) is 4.98 Å². The lowest BCUT2D eigenvalue weighted by atomic mass is 10.1. The molecule has 3 aromatic rings. The zero-order valence-corrected chi connectivity index (χ0v) is 12.5. The van der Waals surface area contributed by atoms with E-state index in [0.29, 0.717) is 11.3 Å². The largest absolute Gasteiger partial charge is 0.506 e. The molecule has 3 aromatic heterocycles. The second-order valence-corrected chi connectivity index (χ2v) is 5.26. The van der Waals surface area contributed by atoms with E-state index < -0.39 is 28.7 Å². The first kappa shape index (κ1) is 16.6. The molecule has 9 heteroatoms. The number of aromatic nitrogens is 3. The molecule has 6 nitrogen and oxygen atoms in total. The van der Waals surface area contributed by atoms with Crippen LogP contribution in [0.3, 0.4) is 0 Å². The van der Waals surface area contributed by atoms with Gasteiger partial charge in [0, 0.05) is 18.3 Å². The second kappa shape index (κ2) is 6.00. The minimum Gasteiger partial charge on any atom is -0.506 e. The zero-order chi connectivity index (χ0) is 18.2. The number of fused-ring (bicyclic) bond motifs is 1. The normalized spacial score (nSPS) is 11.6. The predicted octanol–water partition coefficient (Wildman–Crippen LogP) is 2.45. The fraction of sp³-hybridized carbons (Fsp3) is 0.125. The number of aromatic hydroxyl groups is 1. The first-order chi connectivity index (χ1) is 11.8. The van der Waals surface area contributed by atoms with Crippen LogP contribution in [0.2, 0.25) is 0 Å². The van der Waals surface area contributed by atoms with Crippen molar-refractivity contribution in [2.75, 3.05) is 0 Å². The van der Waals surface area contributed by atoms with Crippen molar-refractivity contribution in [3.8, 4) is 5.75 Å². The van der Waals surface area contributed by atoms with Gasteiger partial charge in [0.25, 0.3) is 5.56 Å². The van der Waals surface area contributed by atoms with Crippen LogP contribution in [0.25, 0.3) is 11.0 Å². The van der Waals surface area contributed by atoms with Gasteiger partial charge in [-0.2, -0.15) is 13.2 Å². The smallest absolute Gasteiger partial charge is 0.433 e. The third kappa shape index (κ3) is 3.21. The quantitative estimate of drug-likeness (QED) is 0.708. The Morgan fingerprint density at radius 3 is 2.56 bits per heavy atom. The fourth-order valence-corrected chi connectivity index (χ4v) is 2.33. The Balaban J connectivity index is 1.95. The molecule has 2 N–H and O–H groups in total. The number of carbonyl (C=O) groups excluding carboxylic acids is 1. The van der Waals surface area contributed by atoms with E-state index in [-0.39, 0.29) is 23.7 Å². The van der Waals surface area contributed by atoms with Gasteiger partial charge in [0.15, 0.2) is 6.29 Å². The number of hydrogen-bond donors (Lipinski definition) is 2. The van der Waals surface area contributed by atoms with Crippen molar-refractivity contribution >= 4 is 17.3 Å². The van der Waals surface area contributed by atoms with Crippen LogP contribution >= 0.6 is 0 Å². The highest BCUT2D eigenvalue weighted by Crippen LogP contribution is 2.27. The SMILES string of the molecule is O=Cc1c(O)c2ccc(Cc3ccc(C(F)(F)F)nc3)nc2[nH]c1=O. The van der Waals surface area contributed by atoms with E-state index in [1.54, 1.807) is 0 Å². The van der Waals surface area contributed by atoms with E-state index in [4.69, 9.17) is 0 Å². The maximum atomic E-state index is 12.5. The Hall–Kier alpha value is -3.23. The topological polar surface area (TPSA) is 95.9 Å². The molecule has 0 bridgehead atoms. The molecule has 0 fully saturated rings. The standard InChI is InChI=1S/C16H10F3N3O3/c17-16(18,19)12-4-1-8(6-20-12)5-9-2-3-10-13(24)11(7-23)15(25)22-14(10)21-9/h1-4,6-7H,5H2,(H2,21,22,24,25). The number of alkyl halides is 3. The summed E-state index contributed by atoms with van der Waals surface area (Å²) in [6.07, 6.45) is -2.98. The first-order valence-corrected chi connectivity index (χ1v) is 7.02. The van der Waals surface area contributed by atoms with Gasteiger partial charge in [-0.3, -0.25) is 14.6 Å². The summed E-state index contributed by atoms with van der Waals surface area (Å²) in [6, 6.07) is 5.16. The molecule has 0 atom stereocenters. The lowest BCUT2D eigenvalue weighted by Crippen LogP contribution is -2.13. The highest BCUT2D eigenvalue weighted by molar-refractivity contribution is 5.91. The number of aromatic amines is 1. The first-order valence-electron chi connectivity index (χ1n) is 7.02. The molecule has 0 spiro atoms. The summed E-state index contributed by atoms with van der Waals surface area (Å²) in [5, 5.41) is 10.1. The molecule has 0 aromatic carbocycles. The summed E-state index contributed by atoms with van der Waals surface area (Å²) in [7, 11) is 0. The van der Waals surface area contributed by atoms with Crippen LogP contribution in [0.15, 0.2) is 35.3 Å². The zero-order valence-electron chi connectivity index (χ0n) is 12.5. The summed E-state index contributed by atoms with van der Waals surface area (Å²) >= 11 is 0. The number of hydrogen-bond acceptors (Lipinski definition) is 5. The van der Waals surface area contributed by atoms with Gasteiger partial charge in [-0.05, 0) is 23.8 Å². The lowest BCUT2D eigenvalue weighted by Gasteiger charge is -2.07. The van der Waals surface area contributed by atoms with E-state index in [1.165, 1.54) is 18.2 Å². The van der Waals surface area contributed by atoms with Gasteiger partial charge in [-0.1, -0.05) is 6.07 Å². The number of pyridine rings is 3. The van der Waals surface area contributed by atoms with Crippen LogP contribution in [0.4, 0.5) is 13.2 Å². The van der Waals surface area contributed by atoms with E-state index in [0.717, 1.165) is 12.3 Å². The van der Waals surface area contributed by atoms with Crippen molar-refractivity contribution in [3.63, 3.8) is 0 Å². The maximum absolute atomic E-state index is 12.5. The number of rotatable bonds is 3. The van der Waals surface area contributed by atoms with Gasteiger partial charge >= 0.3 is 6.18 Å². The van der Waals surface area contributed by atoms with Crippen molar-refractivity contribution in [1.82, 2.24) is 15.0 Å². The molecule has 0 radical (unpaired) electrons. The second-order valence-electron chi connectivity index (χ2n) is 5.26. The minimum atomic E-state index is -4.51. The molecular formula is C16H10F3N3O3.